The van der Waals surface area contributed by atoms with Crippen molar-refractivity contribution in [3.8, 4) is 0 Å². The smallest absolute Gasteiger partial charge is 0.222 e. The van der Waals surface area contributed by atoms with Crippen molar-refractivity contribution in [1.29, 1.82) is 0 Å². The molecule has 5 heteroatoms. The molecule has 29 heavy (non-hydrogen) atoms. The van der Waals surface area contributed by atoms with Gasteiger partial charge in [-0.2, -0.15) is 0 Å². The van der Waals surface area contributed by atoms with Crippen molar-refractivity contribution in [2.75, 3.05) is 19.6 Å². The topological polar surface area (TPSA) is 75.4 Å². The van der Waals surface area contributed by atoms with Gasteiger partial charge >= 0.3 is 0 Å². The van der Waals surface area contributed by atoms with E-state index in [1.165, 1.54) is 51.4 Å². The molecule has 1 aliphatic heterocycles. The minimum Gasteiger partial charge on any atom is -0.356 e. The highest BCUT2D eigenvalue weighted by Gasteiger charge is 2.29. The van der Waals surface area contributed by atoms with Crippen molar-refractivity contribution < 1.29 is 9.59 Å². The van der Waals surface area contributed by atoms with Gasteiger partial charge in [0.25, 0.3) is 0 Å². The summed E-state index contributed by atoms with van der Waals surface area (Å²) in [6.07, 6.45) is 19.0. The zero-order valence-corrected chi connectivity index (χ0v) is 19.1. The van der Waals surface area contributed by atoms with Crippen LogP contribution in [-0.2, 0) is 9.59 Å². The van der Waals surface area contributed by atoms with Gasteiger partial charge in [0.15, 0.2) is 0 Å². The van der Waals surface area contributed by atoms with Gasteiger partial charge in [-0.25, -0.2) is 0 Å². The molecule has 2 amide bonds. The van der Waals surface area contributed by atoms with Gasteiger partial charge in [-0.1, -0.05) is 71.1 Å². The first-order valence-electron chi connectivity index (χ1n) is 12.4. The van der Waals surface area contributed by atoms with Gasteiger partial charge in [-0.15, -0.1) is 0 Å². The fourth-order valence-corrected chi connectivity index (χ4v) is 4.24. The molecular formula is C24H47N3O2. The molecule has 0 saturated carbocycles. The second-order valence-electron chi connectivity index (χ2n) is 8.72. The van der Waals surface area contributed by atoms with Crippen molar-refractivity contribution in [1.82, 2.24) is 10.2 Å². The van der Waals surface area contributed by atoms with E-state index in [1.54, 1.807) is 0 Å². The molecule has 0 radical (unpaired) electrons. The number of amides is 2. The maximum absolute atomic E-state index is 12.6. The summed E-state index contributed by atoms with van der Waals surface area (Å²) in [5, 5.41) is 3.00. The maximum Gasteiger partial charge on any atom is 0.222 e. The van der Waals surface area contributed by atoms with Crippen LogP contribution in [0.2, 0.25) is 0 Å². The van der Waals surface area contributed by atoms with Gasteiger partial charge in [0, 0.05) is 32.0 Å². The Morgan fingerprint density at radius 1 is 0.897 bits per heavy atom. The van der Waals surface area contributed by atoms with E-state index in [0.29, 0.717) is 19.4 Å². The first-order valence-corrected chi connectivity index (χ1v) is 12.4. The van der Waals surface area contributed by atoms with Gasteiger partial charge in [-0.3, -0.25) is 9.59 Å². The summed E-state index contributed by atoms with van der Waals surface area (Å²) in [5.41, 5.74) is 5.48. The van der Waals surface area contributed by atoms with Crippen LogP contribution in [0.25, 0.3) is 0 Å². The monoisotopic (exact) mass is 409 g/mol. The van der Waals surface area contributed by atoms with E-state index >= 15 is 0 Å². The number of nitrogens with zero attached hydrogens (tertiary/aromatic N) is 1. The van der Waals surface area contributed by atoms with Crippen molar-refractivity contribution in [2.24, 2.45) is 5.73 Å². The average Bonchev–Trinajstić information content (AvgIpc) is 3.17. The second-order valence-corrected chi connectivity index (χ2v) is 8.72. The molecule has 0 aliphatic carbocycles. The molecule has 170 valence electrons. The van der Waals surface area contributed by atoms with Crippen molar-refractivity contribution in [3.63, 3.8) is 0 Å². The Morgan fingerprint density at radius 2 is 1.52 bits per heavy atom. The predicted molar refractivity (Wildman–Crippen MR) is 122 cm³/mol. The Kier molecular flexibility index (Phi) is 15.9. The van der Waals surface area contributed by atoms with E-state index in [0.717, 1.165) is 58.0 Å². The van der Waals surface area contributed by atoms with Crippen molar-refractivity contribution in [3.05, 3.63) is 0 Å². The Hall–Kier alpha value is -1.10. The van der Waals surface area contributed by atoms with Crippen LogP contribution in [0.1, 0.15) is 116 Å². The Labute approximate surface area is 179 Å². The van der Waals surface area contributed by atoms with Gasteiger partial charge < -0.3 is 16.0 Å². The predicted octanol–water partition coefficient (Wildman–Crippen LogP) is 4.92. The van der Waals surface area contributed by atoms with E-state index in [-0.39, 0.29) is 17.9 Å². The highest BCUT2D eigenvalue weighted by Crippen LogP contribution is 2.22. The molecule has 1 rings (SSSR count). The lowest BCUT2D eigenvalue weighted by Crippen LogP contribution is -2.39. The third kappa shape index (κ3) is 12.9. The highest BCUT2D eigenvalue weighted by molar-refractivity contribution is 5.80. The lowest BCUT2D eigenvalue weighted by molar-refractivity contribution is -0.133. The number of nitrogens with one attached hydrogen (secondary N) is 1. The maximum atomic E-state index is 12.6. The summed E-state index contributed by atoms with van der Waals surface area (Å²) < 4.78 is 0. The fraction of sp³-hybridized carbons (Fsp3) is 0.917. The molecule has 1 fully saturated rings. The van der Waals surface area contributed by atoms with Crippen LogP contribution in [0.15, 0.2) is 0 Å². The minimum atomic E-state index is 0.0846. The molecule has 0 bridgehead atoms. The average molecular weight is 410 g/mol. The highest BCUT2D eigenvalue weighted by atomic mass is 16.2. The Bertz CT molecular complexity index is 428. The number of carbonyl (C=O) groups excluding carboxylic acids is 2. The van der Waals surface area contributed by atoms with Crippen LogP contribution in [0, 0.1) is 0 Å². The lowest BCUT2D eigenvalue weighted by Gasteiger charge is -2.24. The Morgan fingerprint density at radius 3 is 2.17 bits per heavy atom. The van der Waals surface area contributed by atoms with Crippen LogP contribution in [0.4, 0.5) is 0 Å². The third-order valence-electron chi connectivity index (χ3n) is 6.07. The number of hydrogen-bond acceptors (Lipinski definition) is 3. The summed E-state index contributed by atoms with van der Waals surface area (Å²) in [4.78, 5) is 26.7. The molecule has 5 nitrogen and oxygen atoms in total. The second kappa shape index (κ2) is 17.7. The van der Waals surface area contributed by atoms with E-state index in [2.05, 4.69) is 12.2 Å². The summed E-state index contributed by atoms with van der Waals surface area (Å²) in [5.74, 6) is 0.337. The zero-order valence-electron chi connectivity index (χ0n) is 19.1. The number of unbranched alkanes of at least 4 members (excludes halogenated alkanes) is 11. The van der Waals surface area contributed by atoms with Crippen LogP contribution >= 0.6 is 0 Å². The molecule has 0 aromatic carbocycles. The first-order chi connectivity index (χ1) is 14.2. The summed E-state index contributed by atoms with van der Waals surface area (Å²) in [7, 11) is 0. The van der Waals surface area contributed by atoms with Crippen LogP contribution in [0.3, 0.4) is 0 Å². The molecule has 0 aromatic heterocycles. The molecule has 1 aliphatic rings. The molecule has 1 atom stereocenters. The SMILES string of the molecule is CCCCCCCCCCCCC(=O)N1CCC[C@H]1CC(=O)NCCCCCN. The standard InChI is InChI=1S/C24H47N3O2/c1-2-3-4-5-6-7-8-9-10-12-17-24(29)27-20-15-16-22(27)21-23(28)26-19-14-11-13-18-25/h22H,2-21,25H2,1H3,(H,26,28)/t22-/m0/s1. The molecular weight excluding hydrogens is 362 g/mol. The molecule has 0 unspecified atom stereocenters. The van der Waals surface area contributed by atoms with Crippen LogP contribution in [-0.4, -0.2) is 42.4 Å². The molecule has 1 heterocycles. The van der Waals surface area contributed by atoms with E-state index in [1.807, 2.05) is 4.90 Å². The fourth-order valence-electron chi connectivity index (χ4n) is 4.24. The van der Waals surface area contributed by atoms with Crippen molar-refractivity contribution in [2.45, 2.75) is 122 Å². The first kappa shape index (κ1) is 25.9. The summed E-state index contributed by atoms with van der Waals surface area (Å²) in [6.45, 7) is 4.52. The van der Waals surface area contributed by atoms with Crippen molar-refractivity contribution >= 4 is 11.8 Å². The van der Waals surface area contributed by atoms with Gasteiger partial charge in [-0.05, 0) is 38.6 Å². The van der Waals surface area contributed by atoms with Gasteiger partial charge in [0.05, 0.1) is 0 Å². The number of likely N-dealkylation sites (tertiary alicyclic amines) is 1. The van der Waals surface area contributed by atoms with Gasteiger partial charge in [0.1, 0.15) is 0 Å². The summed E-state index contributed by atoms with van der Waals surface area (Å²) >= 11 is 0. The van der Waals surface area contributed by atoms with E-state index in [4.69, 9.17) is 5.73 Å². The Balaban J connectivity index is 2.08. The van der Waals surface area contributed by atoms with E-state index < -0.39 is 0 Å². The van der Waals surface area contributed by atoms with Crippen LogP contribution in [0.5, 0.6) is 0 Å². The molecule has 1 saturated heterocycles. The lowest BCUT2D eigenvalue weighted by atomic mass is 10.1. The number of hydrogen-bond donors (Lipinski definition) is 2. The summed E-state index contributed by atoms with van der Waals surface area (Å²) in [6, 6.07) is 0.106. The largest absolute Gasteiger partial charge is 0.356 e. The minimum absolute atomic E-state index is 0.0846. The number of nitrogens with two attached hydrogens (primary N) is 1. The normalized spacial score (nSPS) is 16.3. The third-order valence-corrected chi connectivity index (χ3v) is 6.07. The quantitative estimate of drug-likeness (QED) is 0.315. The number of carbonyl (C=O) groups is 2. The van der Waals surface area contributed by atoms with Crippen LogP contribution < -0.4 is 11.1 Å². The molecule has 0 aromatic rings. The van der Waals surface area contributed by atoms with Gasteiger partial charge in [0.2, 0.25) is 11.8 Å². The molecule has 0 spiro atoms. The zero-order chi connectivity index (χ0) is 21.2. The number of rotatable bonds is 18. The molecule has 3 N–H and O–H groups in total. The van der Waals surface area contributed by atoms with E-state index in [9.17, 15) is 9.59 Å².